The zero-order chi connectivity index (χ0) is 11.1. The van der Waals surface area contributed by atoms with E-state index in [2.05, 4.69) is 43.4 Å². The minimum absolute atomic E-state index is 0.256. The molecule has 0 amide bonds. The quantitative estimate of drug-likeness (QED) is 0.747. The molecule has 1 aromatic carbocycles. The number of hydrogen-bond donors (Lipinski definition) is 2. The van der Waals surface area contributed by atoms with Gasteiger partial charge in [0.1, 0.15) is 0 Å². The van der Waals surface area contributed by atoms with Gasteiger partial charge in [0.25, 0.3) is 0 Å². The second-order valence-corrected chi connectivity index (χ2v) is 4.17. The van der Waals surface area contributed by atoms with E-state index in [1.165, 1.54) is 5.56 Å². The average Bonchev–Trinajstić information content (AvgIpc) is 2.19. The SMILES string of the molecule is CC(CCO)NC(C)Cc1ccccc1. The molecule has 0 aliphatic rings. The van der Waals surface area contributed by atoms with Gasteiger partial charge in [-0.05, 0) is 32.3 Å². The molecule has 2 N–H and O–H groups in total. The molecule has 0 saturated carbocycles. The van der Waals surface area contributed by atoms with Crippen molar-refractivity contribution in [3.63, 3.8) is 0 Å². The highest BCUT2D eigenvalue weighted by atomic mass is 16.3. The molecule has 2 nitrogen and oxygen atoms in total. The van der Waals surface area contributed by atoms with Crippen LogP contribution in [0.25, 0.3) is 0 Å². The first kappa shape index (κ1) is 12.2. The van der Waals surface area contributed by atoms with Gasteiger partial charge in [0.05, 0.1) is 0 Å². The second kappa shape index (κ2) is 6.59. The van der Waals surface area contributed by atoms with E-state index >= 15 is 0 Å². The fraction of sp³-hybridized carbons (Fsp3) is 0.538. The Morgan fingerprint density at radius 2 is 1.80 bits per heavy atom. The molecular formula is C13H21NO. The number of hydrogen-bond acceptors (Lipinski definition) is 2. The fourth-order valence-corrected chi connectivity index (χ4v) is 1.79. The summed E-state index contributed by atoms with van der Waals surface area (Å²) in [5.74, 6) is 0. The zero-order valence-electron chi connectivity index (χ0n) is 9.61. The maximum absolute atomic E-state index is 8.80. The third-order valence-electron chi connectivity index (χ3n) is 2.52. The van der Waals surface area contributed by atoms with Crippen LogP contribution in [0.15, 0.2) is 30.3 Å². The lowest BCUT2D eigenvalue weighted by Crippen LogP contribution is -2.36. The van der Waals surface area contributed by atoms with Gasteiger partial charge in [-0.25, -0.2) is 0 Å². The lowest BCUT2D eigenvalue weighted by Gasteiger charge is -2.19. The molecule has 0 saturated heterocycles. The molecule has 0 spiro atoms. The van der Waals surface area contributed by atoms with Crippen molar-refractivity contribution in [3.05, 3.63) is 35.9 Å². The standard InChI is InChI=1S/C13H21NO/c1-11(8-9-15)14-12(2)10-13-6-4-3-5-7-13/h3-7,11-12,14-15H,8-10H2,1-2H3. The number of benzene rings is 1. The van der Waals surface area contributed by atoms with Crippen molar-refractivity contribution in [3.8, 4) is 0 Å². The first-order valence-corrected chi connectivity index (χ1v) is 5.63. The molecule has 0 aromatic heterocycles. The van der Waals surface area contributed by atoms with Gasteiger partial charge >= 0.3 is 0 Å². The van der Waals surface area contributed by atoms with Crippen molar-refractivity contribution in [2.24, 2.45) is 0 Å². The summed E-state index contributed by atoms with van der Waals surface area (Å²) >= 11 is 0. The Balaban J connectivity index is 2.33. The zero-order valence-corrected chi connectivity index (χ0v) is 9.61. The minimum atomic E-state index is 0.256. The van der Waals surface area contributed by atoms with Crippen molar-refractivity contribution in [2.45, 2.75) is 38.8 Å². The van der Waals surface area contributed by atoms with Gasteiger partial charge in [0.2, 0.25) is 0 Å². The van der Waals surface area contributed by atoms with Gasteiger partial charge in [0, 0.05) is 18.7 Å². The van der Waals surface area contributed by atoms with Crippen molar-refractivity contribution in [1.29, 1.82) is 0 Å². The lowest BCUT2D eigenvalue weighted by atomic mass is 10.1. The molecule has 0 aliphatic carbocycles. The molecule has 1 aromatic rings. The summed E-state index contributed by atoms with van der Waals surface area (Å²) < 4.78 is 0. The maximum Gasteiger partial charge on any atom is 0.0445 e. The van der Waals surface area contributed by atoms with Crippen LogP contribution in [0.3, 0.4) is 0 Å². The highest BCUT2D eigenvalue weighted by molar-refractivity contribution is 5.15. The molecule has 2 unspecified atom stereocenters. The Hall–Kier alpha value is -0.860. The number of nitrogens with one attached hydrogen (secondary N) is 1. The van der Waals surface area contributed by atoms with Crippen LogP contribution in [0.4, 0.5) is 0 Å². The maximum atomic E-state index is 8.80. The Bertz CT molecular complexity index is 260. The minimum Gasteiger partial charge on any atom is -0.396 e. The number of aliphatic hydroxyl groups excluding tert-OH is 1. The molecule has 0 heterocycles. The van der Waals surface area contributed by atoms with Gasteiger partial charge in [-0.15, -0.1) is 0 Å². The summed E-state index contributed by atoms with van der Waals surface area (Å²) in [5, 5.41) is 12.3. The smallest absolute Gasteiger partial charge is 0.0445 e. The highest BCUT2D eigenvalue weighted by Gasteiger charge is 2.07. The Labute approximate surface area is 92.3 Å². The lowest BCUT2D eigenvalue weighted by molar-refractivity contribution is 0.264. The summed E-state index contributed by atoms with van der Waals surface area (Å²) in [6.07, 6.45) is 1.86. The summed E-state index contributed by atoms with van der Waals surface area (Å²) in [6.45, 7) is 4.55. The topological polar surface area (TPSA) is 32.3 Å². The van der Waals surface area contributed by atoms with Crippen LogP contribution in [0, 0.1) is 0 Å². The summed E-state index contributed by atoms with van der Waals surface area (Å²) in [4.78, 5) is 0. The van der Waals surface area contributed by atoms with Crippen molar-refractivity contribution in [2.75, 3.05) is 6.61 Å². The molecule has 2 atom stereocenters. The third kappa shape index (κ3) is 4.96. The number of aliphatic hydroxyl groups is 1. The van der Waals surface area contributed by atoms with E-state index in [0.717, 1.165) is 12.8 Å². The largest absolute Gasteiger partial charge is 0.396 e. The highest BCUT2D eigenvalue weighted by Crippen LogP contribution is 2.03. The molecule has 0 bridgehead atoms. The molecule has 84 valence electrons. The normalized spacial score (nSPS) is 14.9. The average molecular weight is 207 g/mol. The predicted octanol–water partition coefficient (Wildman–Crippen LogP) is 1.98. The van der Waals surface area contributed by atoms with E-state index in [0.29, 0.717) is 12.1 Å². The van der Waals surface area contributed by atoms with Gasteiger partial charge in [-0.1, -0.05) is 30.3 Å². The Kier molecular flexibility index (Phi) is 5.37. The van der Waals surface area contributed by atoms with Crippen LogP contribution in [-0.4, -0.2) is 23.8 Å². The van der Waals surface area contributed by atoms with Gasteiger partial charge in [-0.2, -0.15) is 0 Å². The molecule has 1 rings (SSSR count). The van der Waals surface area contributed by atoms with Crippen LogP contribution >= 0.6 is 0 Å². The van der Waals surface area contributed by atoms with E-state index in [-0.39, 0.29) is 6.61 Å². The van der Waals surface area contributed by atoms with Crippen molar-refractivity contribution >= 4 is 0 Å². The Morgan fingerprint density at radius 3 is 2.40 bits per heavy atom. The van der Waals surface area contributed by atoms with Crippen LogP contribution in [0.5, 0.6) is 0 Å². The third-order valence-corrected chi connectivity index (χ3v) is 2.52. The van der Waals surface area contributed by atoms with E-state index in [1.54, 1.807) is 0 Å². The monoisotopic (exact) mass is 207 g/mol. The van der Waals surface area contributed by atoms with Crippen molar-refractivity contribution < 1.29 is 5.11 Å². The summed E-state index contributed by atoms with van der Waals surface area (Å²) in [5.41, 5.74) is 1.36. The van der Waals surface area contributed by atoms with E-state index < -0.39 is 0 Å². The number of rotatable bonds is 6. The molecule has 0 fully saturated rings. The first-order chi connectivity index (χ1) is 7.22. The molecule has 2 heteroatoms. The summed E-state index contributed by atoms with van der Waals surface area (Å²) in [7, 11) is 0. The van der Waals surface area contributed by atoms with Gasteiger partial charge in [-0.3, -0.25) is 0 Å². The molecule has 0 aliphatic heterocycles. The predicted molar refractivity (Wildman–Crippen MR) is 63.9 cm³/mol. The van der Waals surface area contributed by atoms with E-state index in [1.807, 2.05) is 6.07 Å². The van der Waals surface area contributed by atoms with Crippen LogP contribution in [-0.2, 0) is 6.42 Å². The fourth-order valence-electron chi connectivity index (χ4n) is 1.79. The van der Waals surface area contributed by atoms with Gasteiger partial charge < -0.3 is 10.4 Å². The molecule has 15 heavy (non-hydrogen) atoms. The van der Waals surface area contributed by atoms with Crippen LogP contribution < -0.4 is 5.32 Å². The molecular weight excluding hydrogens is 186 g/mol. The van der Waals surface area contributed by atoms with Gasteiger partial charge in [0.15, 0.2) is 0 Å². The Morgan fingerprint density at radius 1 is 1.13 bits per heavy atom. The first-order valence-electron chi connectivity index (χ1n) is 5.63. The van der Waals surface area contributed by atoms with Crippen LogP contribution in [0.1, 0.15) is 25.8 Å². The van der Waals surface area contributed by atoms with E-state index in [4.69, 9.17) is 5.11 Å². The van der Waals surface area contributed by atoms with E-state index in [9.17, 15) is 0 Å². The second-order valence-electron chi connectivity index (χ2n) is 4.17. The van der Waals surface area contributed by atoms with Crippen molar-refractivity contribution in [1.82, 2.24) is 5.32 Å². The van der Waals surface area contributed by atoms with Crippen LogP contribution in [0.2, 0.25) is 0 Å². The summed E-state index contributed by atoms with van der Waals surface area (Å²) in [6, 6.07) is 11.3. The molecule has 0 radical (unpaired) electrons.